The zero-order valence-corrected chi connectivity index (χ0v) is 18.0. The number of carbonyl (C=O) groups is 1. The van der Waals surface area contributed by atoms with Gasteiger partial charge in [0.2, 0.25) is 0 Å². The predicted molar refractivity (Wildman–Crippen MR) is 115 cm³/mol. The SMILES string of the molecule is CCOc1ccc(C(=O)NC(=S)Nc2ccc(Br)cc2I)cc1[N+](=O)[O-]. The molecule has 0 bridgehead atoms. The van der Waals surface area contributed by atoms with Gasteiger partial charge in [-0.05, 0) is 72.1 Å². The lowest BCUT2D eigenvalue weighted by Crippen LogP contribution is -2.34. The van der Waals surface area contributed by atoms with Crippen LogP contribution in [-0.2, 0) is 0 Å². The van der Waals surface area contributed by atoms with Crippen LogP contribution in [-0.4, -0.2) is 22.5 Å². The van der Waals surface area contributed by atoms with Crippen LogP contribution in [0.5, 0.6) is 5.75 Å². The van der Waals surface area contributed by atoms with Gasteiger partial charge in [-0.3, -0.25) is 20.2 Å². The Morgan fingerprint density at radius 1 is 1.35 bits per heavy atom. The fourth-order valence-electron chi connectivity index (χ4n) is 2.00. The van der Waals surface area contributed by atoms with Gasteiger partial charge in [-0.25, -0.2) is 0 Å². The Balaban J connectivity index is 2.12. The van der Waals surface area contributed by atoms with E-state index in [4.69, 9.17) is 17.0 Å². The zero-order valence-electron chi connectivity index (χ0n) is 13.4. The molecule has 7 nitrogen and oxygen atoms in total. The van der Waals surface area contributed by atoms with Gasteiger partial charge in [0.05, 0.1) is 17.2 Å². The number of hydrogen-bond donors (Lipinski definition) is 2. The third-order valence-electron chi connectivity index (χ3n) is 3.12. The summed E-state index contributed by atoms with van der Waals surface area (Å²) in [6.45, 7) is 2.00. The fourth-order valence-corrected chi connectivity index (χ4v) is 3.64. The number of ether oxygens (including phenoxy) is 1. The molecule has 0 aliphatic carbocycles. The van der Waals surface area contributed by atoms with Gasteiger partial charge in [-0.2, -0.15) is 0 Å². The summed E-state index contributed by atoms with van der Waals surface area (Å²) in [6, 6.07) is 9.54. The molecule has 0 atom stereocenters. The second kappa shape index (κ2) is 9.24. The van der Waals surface area contributed by atoms with Crippen LogP contribution in [0.4, 0.5) is 11.4 Å². The number of anilines is 1. The van der Waals surface area contributed by atoms with E-state index in [9.17, 15) is 14.9 Å². The molecule has 2 aromatic carbocycles. The Kier molecular flexibility index (Phi) is 7.29. The van der Waals surface area contributed by atoms with Gasteiger partial charge < -0.3 is 10.1 Å². The van der Waals surface area contributed by atoms with E-state index in [1.807, 2.05) is 18.2 Å². The maximum atomic E-state index is 12.3. The Bertz CT molecular complexity index is 879. The van der Waals surface area contributed by atoms with Crippen LogP contribution < -0.4 is 15.4 Å². The standard InChI is InChI=1S/C16H13BrIN3O4S/c1-2-25-14-6-3-9(7-13(14)21(23)24)15(22)20-16(26)19-12-5-4-10(17)8-11(12)18/h3-8H,2H2,1H3,(H2,19,20,22,26). The van der Waals surface area contributed by atoms with Gasteiger partial charge in [-0.1, -0.05) is 15.9 Å². The van der Waals surface area contributed by atoms with Gasteiger partial charge in [0.25, 0.3) is 5.91 Å². The Morgan fingerprint density at radius 3 is 2.69 bits per heavy atom. The molecule has 2 aromatic rings. The summed E-state index contributed by atoms with van der Waals surface area (Å²) in [5, 5.41) is 16.7. The number of nitrogens with zero attached hydrogens (tertiary/aromatic N) is 1. The quantitative estimate of drug-likeness (QED) is 0.247. The van der Waals surface area contributed by atoms with E-state index in [0.717, 1.165) is 19.8 Å². The van der Waals surface area contributed by atoms with Crippen LogP contribution >= 0.6 is 50.7 Å². The Hall–Kier alpha value is -1.79. The normalized spacial score (nSPS) is 10.1. The molecule has 0 aliphatic heterocycles. The summed E-state index contributed by atoms with van der Waals surface area (Å²) < 4.78 is 7.03. The maximum Gasteiger partial charge on any atom is 0.311 e. The molecular weight excluding hydrogens is 537 g/mol. The van der Waals surface area contributed by atoms with E-state index in [-0.39, 0.29) is 28.7 Å². The molecule has 1 amide bonds. The number of nitro benzene ring substituents is 1. The van der Waals surface area contributed by atoms with Crippen LogP contribution in [0.3, 0.4) is 0 Å². The third kappa shape index (κ3) is 5.35. The summed E-state index contributed by atoms with van der Waals surface area (Å²) in [7, 11) is 0. The van der Waals surface area contributed by atoms with Crippen molar-refractivity contribution in [2.45, 2.75) is 6.92 Å². The molecule has 2 rings (SSSR count). The van der Waals surface area contributed by atoms with Crippen molar-refractivity contribution < 1.29 is 14.5 Å². The summed E-state index contributed by atoms with van der Waals surface area (Å²) in [6.07, 6.45) is 0. The van der Waals surface area contributed by atoms with Crippen molar-refractivity contribution in [3.63, 3.8) is 0 Å². The van der Waals surface area contributed by atoms with E-state index in [2.05, 4.69) is 49.2 Å². The molecule has 0 fully saturated rings. The van der Waals surface area contributed by atoms with E-state index in [1.54, 1.807) is 6.92 Å². The number of rotatable bonds is 5. The molecule has 136 valence electrons. The first-order chi connectivity index (χ1) is 12.3. The van der Waals surface area contributed by atoms with Crippen molar-refractivity contribution in [1.29, 1.82) is 0 Å². The monoisotopic (exact) mass is 549 g/mol. The maximum absolute atomic E-state index is 12.3. The minimum atomic E-state index is -0.595. The number of nitrogens with one attached hydrogen (secondary N) is 2. The molecule has 0 spiro atoms. The van der Waals surface area contributed by atoms with Crippen molar-refractivity contribution in [2.75, 3.05) is 11.9 Å². The molecule has 0 saturated carbocycles. The van der Waals surface area contributed by atoms with Crippen LogP contribution in [0, 0.1) is 13.7 Å². The van der Waals surface area contributed by atoms with Gasteiger partial charge in [0.15, 0.2) is 10.9 Å². The lowest BCUT2D eigenvalue weighted by molar-refractivity contribution is -0.385. The van der Waals surface area contributed by atoms with Crippen molar-refractivity contribution >= 4 is 73.1 Å². The molecule has 26 heavy (non-hydrogen) atoms. The average Bonchev–Trinajstić information content (AvgIpc) is 2.57. The molecule has 10 heteroatoms. The predicted octanol–water partition coefficient (Wildman–Crippen LogP) is 4.49. The van der Waals surface area contributed by atoms with Crippen LogP contribution in [0.1, 0.15) is 17.3 Å². The second-order valence-corrected chi connectivity index (χ2v) is 7.39. The minimum absolute atomic E-state index is 0.0896. The van der Waals surface area contributed by atoms with E-state index in [0.29, 0.717) is 0 Å². The van der Waals surface area contributed by atoms with Crippen LogP contribution in [0.25, 0.3) is 0 Å². The number of hydrogen-bond acceptors (Lipinski definition) is 5. The summed E-state index contributed by atoms with van der Waals surface area (Å²) in [5.74, 6) is -0.445. The second-order valence-electron chi connectivity index (χ2n) is 4.91. The van der Waals surface area contributed by atoms with E-state index >= 15 is 0 Å². The number of thiocarbonyl (C=S) groups is 1. The van der Waals surface area contributed by atoms with Gasteiger partial charge in [-0.15, -0.1) is 0 Å². The van der Waals surface area contributed by atoms with Crippen molar-refractivity contribution in [2.24, 2.45) is 0 Å². The summed E-state index contributed by atoms with van der Waals surface area (Å²) in [5.41, 5.74) is 0.562. The molecule has 0 radical (unpaired) electrons. The fraction of sp³-hybridized carbons (Fsp3) is 0.125. The van der Waals surface area contributed by atoms with Gasteiger partial charge >= 0.3 is 5.69 Å². The Labute approximate surface area is 176 Å². The first kappa shape index (κ1) is 20.5. The molecule has 0 aliphatic rings. The summed E-state index contributed by atoms with van der Waals surface area (Å²) in [4.78, 5) is 22.9. The molecular formula is C16H13BrIN3O4S. The van der Waals surface area contributed by atoms with E-state index in [1.165, 1.54) is 12.1 Å². The first-order valence-electron chi connectivity index (χ1n) is 7.30. The average molecular weight is 550 g/mol. The Morgan fingerprint density at radius 2 is 2.08 bits per heavy atom. The minimum Gasteiger partial charge on any atom is -0.487 e. The van der Waals surface area contributed by atoms with Crippen molar-refractivity contribution in [3.8, 4) is 5.75 Å². The number of carbonyl (C=O) groups excluding carboxylic acids is 1. The van der Waals surface area contributed by atoms with E-state index < -0.39 is 10.8 Å². The van der Waals surface area contributed by atoms with Crippen LogP contribution in [0.15, 0.2) is 40.9 Å². The van der Waals surface area contributed by atoms with Crippen LogP contribution in [0.2, 0.25) is 0 Å². The molecule has 0 aromatic heterocycles. The van der Waals surface area contributed by atoms with Crippen molar-refractivity contribution in [1.82, 2.24) is 5.32 Å². The number of amides is 1. The lowest BCUT2D eigenvalue weighted by Gasteiger charge is -2.12. The molecule has 0 heterocycles. The largest absolute Gasteiger partial charge is 0.487 e. The smallest absolute Gasteiger partial charge is 0.311 e. The highest BCUT2D eigenvalue weighted by Crippen LogP contribution is 2.28. The number of halogens is 2. The highest BCUT2D eigenvalue weighted by Gasteiger charge is 2.19. The topological polar surface area (TPSA) is 93.5 Å². The number of nitro groups is 1. The molecule has 0 unspecified atom stereocenters. The number of benzene rings is 2. The lowest BCUT2D eigenvalue weighted by atomic mass is 10.1. The van der Waals surface area contributed by atoms with Gasteiger partial charge in [0, 0.05) is 19.7 Å². The third-order valence-corrected chi connectivity index (χ3v) is 4.71. The highest BCUT2D eigenvalue weighted by molar-refractivity contribution is 14.1. The summed E-state index contributed by atoms with van der Waals surface area (Å²) >= 11 is 10.6. The van der Waals surface area contributed by atoms with Gasteiger partial charge in [0.1, 0.15) is 0 Å². The zero-order chi connectivity index (χ0) is 19.3. The molecule has 2 N–H and O–H groups in total. The molecule has 0 saturated heterocycles. The highest BCUT2D eigenvalue weighted by atomic mass is 127. The van der Waals surface area contributed by atoms with Crippen molar-refractivity contribution in [3.05, 3.63) is 60.1 Å². The first-order valence-corrected chi connectivity index (χ1v) is 9.58.